The van der Waals surface area contributed by atoms with Crippen molar-refractivity contribution in [1.29, 1.82) is 0 Å². The SMILES string of the molecule is O=C1CCCCN1CCc1cnc2cncnc2n1. The Balaban J connectivity index is 1.69. The zero-order valence-corrected chi connectivity index (χ0v) is 10.6. The topological polar surface area (TPSA) is 71.9 Å². The molecule has 0 saturated carbocycles. The second-order valence-corrected chi connectivity index (χ2v) is 4.68. The van der Waals surface area contributed by atoms with Crippen LogP contribution in [0.1, 0.15) is 25.0 Å². The molecule has 0 unspecified atom stereocenters. The van der Waals surface area contributed by atoms with E-state index in [1.807, 2.05) is 4.90 Å². The van der Waals surface area contributed by atoms with E-state index < -0.39 is 0 Å². The zero-order valence-electron chi connectivity index (χ0n) is 10.6. The third-order valence-corrected chi connectivity index (χ3v) is 3.33. The molecule has 0 aliphatic carbocycles. The molecule has 1 aliphatic heterocycles. The number of hydrogen-bond acceptors (Lipinski definition) is 5. The van der Waals surface area contributed by atoms with Gasteiger partial charge >= 0.3 is 0 Å². The molecule has 0 N–H and O–H groups in total. The van der Waals surface area contributed by atoms with Gasteiger partial charge in [-0.25, -0.2) is 19.9 Å². The van der Waals surface area contributed by atoms with Crippen molar-refractivity contribution >= 4 is 17.1 Å². The van der Waals surface area contributed by atoms with Gasteiger partial charge in [-0.15, -0.1) is 0 Å². The highest BCUT2D eigenvalue weighted by molar-refractivity contribution is 5.76. The third-order valence-electron chi connectivity index (χ3n) is 3.33. The number of hydrogen-bond donors (Lipinski definition) is 0. The zero-order chi connectivity index (χ0) is 13.1. The average Bonchev–Trinajstić information content (AvgIpc) is 2.46. The van der Waals surface area contributed by atoms with E-state index >= 15 is 0 Å². The highest BCUT2D eigenvalue weighted by Crippen LogP contribution is 2.11. The number of aromatic nitrogens is 4. The van der Waals surface area contributed by atoms with Crippen molar-refractivity contribution in [2.24, 2.45) is 0 Å². The van der Waals surface area contributed by atoms with Crippen molar-refractivity contribution in [1.82, 2.24) is 24.8 Å². The van der Waals surface area contributed by atoms with Crippen LogP contribution >= 0.6 is 0 Å². The molecule has 19 heavy (non-hydrogen) atoms. The second kappa shape index (κ2) is 5.26. The Morgan fingerprint density at radius 3 is 3.05 bits per heavy atom. The fraction of sp³-hybridized carbons (Fsp3) is 0.462. The van der Waals surface area contributed by atoms with Crippen molar-refractivity contribution in [3.63, 3.8) is 0 Å². The quantitative estimate of drug-likeness (QED) is 0.819. The Labute approximate surface area is 110 Å². The van der Waals surface area contributed by atoms with E-state index in [-0.39, 0.29) is 5.91 Å². The van der Waals surface area contributed by atoms with E-state index in [0.29, 0.717) is 24.1 Å². The van der Waals surface area contributed by atoms with Gasteiger partial charge in [-0.3, -0.25) is 4.79 Å². The van der Waals surface area contributed by atoms with E-state index in [4.69, 9.17) is 0 Å². The molecular formula is C13H15N5O. The third kappa shape index (κ3) is 2.67. The lowest BCUT2D eigenvalue weighted by atomic mass is 10.1. The summed E-state index contributed by atoms with van der Waals surface area (Å²) in [6.45, 7) is 1.58. The molecule has 0 radical (unpaired) electrons. The molecule has 2 aromatic heterocycles. The van der Waals surface area contributed by atoms with Gasteiger partial charge in [0.15, 0.2) is 5.65 Å². The molecule has 1 fully saturated rings. The van der Waals surface area contributed by atoms with Gasteiger partial charge in [0.05, 0.1) is 11.9 Å². The van der Waals surface area contributed by atoms with Crippen LogP contribution in [0.5, 0.6) is 0 Å². The first-order valence-corrected chi connectivity index (χ1v) is 6.52. The Bertz CT molecular complexity index is 600. The Morgan fingerprint density at radius 2 is 2.16 bits per heavy atom. The molecular weight excluding hydrogens is 242 g/mol. The number of rotatable bonds is 3. The van der Waals surface area contributed by atoms with Crippen molar-refractivity contribution in [2.75, 3.05) is 13.1 Å². The fourth-order valence-electron chi connectivity index (χ4n) is 2.27. The normalized spacial score (nSPS) is 16.0. The lowest BCUT2D eigenvalue weighted by Crippen LogP contribution is -2.36. The number of carbonyl (C=O) groups excluding carboxylic acids is 1. The molecule has 2 aromatic rings. The molecule has 0 aromatic carbocycles. The van der Waals surface area contributed by atoms with Crippen LogP contribution in [-0.4, -0.2) is 43.8 Å². The highest BCUT2D eigenvalue weighted by Gasteiger charge is 2.17. The molecule has 3 heterocycles. The van der Waals surface area contributed by atoms with Gasteiger partial charge in [0, 0.05) is 32.1 Å². The maximum atomic E-state index is 11.7. The Morgan fingerprint density at radius 1 is 1.21 bits per heavy atom. The van der Waals surface area contributed by atoms with E-state index in [1.54, 1.807) is 12.4 Å². The molecule has 6 heteroatoms. The van der Waals surface area contributed by atoms with Gasteiger partial charge in [0.2, 0.25) is 5.91 Å². The lowest BCUT2D eigenvalue weighted by Gasteiger charge is -2.26. The summed E-state index contributed by atoms with van der Waals surface area (Å²) >= 11 is 0. The average molecular weight is 257 g/mol. The summed E-state index contributed by atoms with van der Waals surface area (Å²) < 4.78 is 0. The first kappa shape index (κ1) is 12.0. The van der Waals surface area contributed by atoms with Gasteiger partial charge in [0.25, 0.3) is 0 Å². The Kier molecular flexibility index (Phi) is 3.31. The predicted octanol–water partition coefficient (Wildman–Crippen LogP) is 0.975. The number of amides is 1. The number of likely N-dealkylation sites (tertiary alicyclic amines) is 1. The maximum Gasteiger partial charge on any atom is 0.222 e. The van der Waals surface area contributed by atoms with Crippen molar-refractivity contribution in [3.8, 4) is 0 Å². The fourth-order valence-corrected chi connectivity index (χ4v) is 2.27. The monoisotopic (exact) mass is 257 g/mol. The first-order valence-electron chi connectivity index (χ1n) is 6.52. The molecule has 1 aliphatic rings. The van der Waals surface area contributed by atoms with Crippen LogP contribution < -0.4 is 0 Å². The maximum absolute atomic E-state index is 11.7. The summed E-state index contributed by atoms with van der Waals surface area (Å²) in [4.78, 5) is 30.3. The van der Waals surface area contributed by atoms with Gasteiger partial charge in [-0.05, 0) is 12.8 Å². The van der Waals surface area contributed by atoms with Crippen LogP contribution in [0.4, 0.5) is 0 Å². The van der Waals surface area contributed by atoms with Crippen LogP contribution in [0.15, 0.2) is 18.7 Å². The highest BCUT2D eigenvalue weighted by atomic mass is 16.2. The van der Waals surface area contributed by atoms with Gasteiger partial charge in [0.1, 0.15) is 11.8 Å². The van der Waals surface area contributed by atoms with Crippen LogP contribution in [0.25, 0.3) is 11.2 Å². The minimum atomic E-state index is 0.252. The second-order valence-electron chi connectivity index (χ2n) is 4.68. The summed E-state index contributed by atoms with van der Waals surface area (Å²) in [5, 5.41) is 0. The summed E-state index contributed by atoms with van der Waals surface area (Å²) in [7, 11) is 0. The van der Waals surface area contributed by atoms with Gasteiger partial charge in [-0.2, -0.15) is 0 Å². The van der Waals surface area contributed by atoms with Gasteiger partial charge < -0.3 is 4.90 Å². The van der Waals surface area contributed by atoms with E-state index in [2.05, 4.69) is 19.9 Å². The van der Waals surface area contributed by atoms with Crippen molar-refractivity contribution in [3.05, 3.63) is 24.4 Å². The smallest absolute Gasteiger partial charge is 0.222 e. The predicted molar refractivity (Wildman–Crippen MR) is 69.3 cm³/mol. The summed E-state index contributed by atoms with van der Waals surface area (Å²) in [5.74, 6) is 0.252. The summed E-state index contributed by atoms with van der Waals surface area (Å²) in [6.07, 6.45) is 8.36. The van der Waals surface area contributed by atoms with Crippen LogP contribution in [0.3, 0.4) is 0 Å². The summed E-state index contributed by atoms with van der Waals surface area (Å²) in [6, 6.07) is 0. The van der Waals surface area contributed by atoms with Crippen LogP contribution in [0, 0.1) is 0 Å². The standard InChI is InChI=1S/C13H15N5O/c19-12-3-1-2-5-18(12)6-4-10-7-15-11-8-14-9-16-13(11)17-10/h7-9H,1-6H2. The minimum absolute atomic E-state index is 0.252. The molecule has 1 saturated heterocycles. The number of fused-ring (bicyclic) bond motifs is 1. The van der Waals surface area contributed by atoms with Crippen LogP contribution in [0.2, 0.25) is 0 Å². The Hall–Kier alpha value is -2.11. The molecule has 0 atom stereocenters. The molecule has 3 rings (SSSR count). The largest absolute Gasteiger partial charge is 0.342 e. The van der Waals surface area contributed by atoms with Crippen molar-refractivity contribution in [2.45, 2.75) is 25.7 Å². The van der Waals surface area contributed by atoms with E-state index in [1.165, 1.54) is 6.33 Å². The number of piperidine rings is 1. The van der Waals surface area contributed by atoms with Crippen LogP contribution in [-0.2, 0) is 11.2 Å². The molecule has 1 amide bonds. The molecule has 0 bridgehead atoms. The number of nitrogens with zero attached hydrogens (tertiary/aromatic N) is 5. The number of carbonyl (C=O) groups is 1. The van der Waals surface area contributed by atoms with E-state index in [0.717, 1.165) is 31.5 Å². The minimum Gasteiger partial charge on any atom is -0.342 e. The van der Waals surface area contributed by atoms with Crippen molar-refractivity contribution < 1.29 is 4.79 Å². The first-order chi connectivity index (χ1) is 9.33. The van der Waals surface area contributed by atoms with E-state index in [9.17, 15) is 4.79 Å². The molecule has 0 spiro atoms. The van der Waals surface area contributed by atoms with Gasteiger partial charge in [-0.1, -0.05) is 0 Å². The molecule has 6 nitrogen and oxygen atoms in total. The summed E-state index contributed by atoms with van der Waals surface area (Å²) in [5.41, 5.74) is 2.17. The molecule has 98 valence electrons. The lowest BCUT2D eigenvalue weighted by molar-refractivity contribution is -0.133.